The second kappa shape index (κ2) is 10.4. The van der Waals surface area contributed by atoms with Gasteiger partial charge < -0.3 is 14.8 Å². The zero-order valence-corrected chi connectivity index (χ0v) is 17.1. The van der Waals surface area contributed by atoms with E-state index in [1.165, 1.54) is 23.1 Å². The summed E-state index contributed by atoms with van der Waals surface area (Å²) < 4.78 is 11.0. The van der Waals surface area contributed by atoms with E-state index in [1.807, 2.05) is 18.2 Å². The minimum atomic E-state index is -0.334. The molecule has 1 aromatic heterocycles. The van der Waals surface area contributed by atoms with Crippen LogP contribution in [-0.4, -0.2) is 41.5 Å². The maximum atomic E-state index is 12.1. The van der Waals surface area contributed by atoms with Gasteiger partial charge in [0.1, 0.15) is 11.5 Å². The van der Waals surface area contributed by atoms with Crippen molar-refractivity contribution in [3.8, 4) is 11.5 Å². The predicted octanol–water partition coefficient (Wildman–Crippen LogP) is 3.30. The molecule has 0 atom stereocenters. The first-order valence-electron chi connectivity index (χ1n) is 8.50. The number of aromatic nitrogens is 2. The van der Waals surface area contributed by atoms with Gasteiger partial charge in [-0.25, -0.2) is 0 Å². The van der Waals surface area contributed by atoms with E-state index in [4.69, 9.17) is 9.47 Å². The number of hydrogen-bond acceptors (Lipinski definition) is 8. The van der Waals surface area contributed by atoms with Gasteiger partial charge in [0, 0.05) is 5.69 Å². The number of para-hydroxylation sites is 1. The number of benzene rings is 2. The lowest BCUT2D eigenvalue weighted by Gasteiger charge is -2.05. The summed E-state index contributed by atoms with van der Waals surface area (Å²) in [6.07, 6.45) is 0. The summed E-state index contributed by atoms with van der Waals surface area (Å²) >= 11 is 2.43. The normalized spacial score (nSPS) is 10.2. The summed E-state index contributed by atoms with van der Waals surface area (Å²) in [5, 5.41) is 13.6. The fraction of sp³-hybridized carbons (Fsp3) is 0.158. The SMILES string of the molecule is COc1ccc(NC(=O)CSc2nnc(NC(=O)COc3ccccc3)s2)cc1. The third-order valence-corrected chi connectivity index (χ3v) is 5.44. The highest BCUT2D eigenvalue weighted by atomic mass is 32.2. The lowest BCUT2D eigenvalue weighted by atomic mass is 10.3. The average Bonchev–Trinajstić information content (AvgIpc) is 3.19. The van der Waals surface area contributed by atoms with E-state index in [0.717, 1.165) is 5.75 Å². The standard InChI is InChI=1S/C19H18N4O4S2/c1-26-14-9-7-13(8-10-14)20-17(25)12-28-19-23-22-18(29-19)21-16(24)11-27-15-5-3-2-4-6-15/h2-10H,11-12H2,1H3,(H,20,25)(H,21,22,24). The molecule has 0 bridgehead atoms. The van der Waals surface area contributed by atoms with Gasteiger partial charge >= 0.3 is 0 Å². The van der Waals surface area contributed by atoms with Crippen molar-refractivity contribution in [2.75, 3.05) is 30.1 Å². The summed E-state index contributed by atoms with van der Waals surface area (Å²) in [5.41, 5.74) is 0.681. The molecule has 0 saturated carbocycles. The monoisotopic (exact) mass is 430 g/mol. The molecular formula is C19H18N4O4S2. The van der Waals surface area contributed by atoms with Gasteiger partial charge in [-0.05, 0) is 36.4 Å². The van der Waals surface area contributed by atoms with E-state index in [0.29, 0.717) is 20.9 Å². The molecule has 0 aliphatic carbocycles. The Morgan fingerprint density at radius 1 is 0.966 bits per heavy atom. The zero-order valence-electron chi connectivity index (χ0n) is 15.5. The molecular weight excluding hydrogens is 412 g/mol. The second-order valence-electron chi connectivity index (χ2n) is 5.59. The molecule has 29 heavy (non-hydrogen) atoms. The molecule has 0 spiro atoms. The Bertz CT molecular complexity index is 948. The summed E-state index contributed by atoms with van der Waals surface area (Å²) in [4.78, 5) is 24.0. The predicted molar refractivity (Wildman–Crippen MR) is 113 cm³/mol. The van der Waals surface area contributed by atoms with Crippen molar-refractivity contribution in [2.45, 2.75) is 4.34 Å². The van der Waals surface area contributed by atoms with Crippen LogP contribution in [0.25, 0.3) is 0 Å². The number of anilines is 2. The average molecular weight is 431 g/mol. The summed E-state index contributed by atoms with van der Waals surface area (Å²) in [6.45, 7) is -0.129. The number of hydrogen-bond donors (Lipinski definition) is 2. The maximum Gasteiger partial charge on any atom is 0.264 e. The van der Waals surface area contributed by atoms with Crippen LogP contribution in [0.5, 0.6) is 11.5 Å². The number of amides is 2. The van der Waals surface area contributed by atoms with Crippen LogP contribution in [0.4, 0.5) is 10.8 Å². The third kappa shape index (κ3) is 6.77. The molecule has 0 aliphatic rings. The molecule has 10 heteroatoms. The van der Waals surface area contributed by atoms with Gasteiger partial charge in [0.05, 0.1) is 12.9 Å². The summed E-state index contributed by atoms with van der Waals surface area (Å²) in [5.74, 6) is 0.996. The molecule has 2 aromatic carbocycles. The molecule has 0 aliphatic heterocycles. The highest BCUT2D eigenvalue weighted by molar-refractivity contribution is 8.01. The van der Waals surface area contributed by atoms with Gasteiger partial charge in [0.15, 0.2) is 10.9 Å². The van der Waals surface area contributed by atoms with Crippen LogP contribution < -0.4 is 20.1 Å². The fourth-order valence-corrected chi connectivity index (χ4v) is 3.71. The van der Waals surface area contributed by atoms with Crippen molar-refractivity contribution < 1.29 is 19.1 Å². The fourth-order valence-electron chi connectivity index (χ4n) is 2.14. The minimum absolute atomic E-state index is 0.129. The van der Waals surface area contributed by atoms with Gasteiger partial charge in [-0.15, -0.1) is 10.2 Å². The lowest BCUT2D eigenvalue weighted by molar-refractivity contribution is -0.118. The van der Waals surface area contributed by atoms with Gasteiger partial charge in [-0.3, -0.25) is 14.9 Å². The van der Waals surface area contributed by atoms with E-state index in [1.54, 1.807) is 43.5 Å². The molecule has 2 N–H and O–H groups in total. The van der Waals surface area contributed by atoms with Crippen LogP contribution in [0.3, 0.4) is 0 Å². The first-order chi connectivity index (χ1) is 14.1. The first kappa shape index (κ1) is 20.6. The molecule has 0 unspecified atom stereocenters. The number of carbonyl (C=O) groups excluding carboxylic acids is 2. The Morgan fingerprint density at radius 3 is 2.45 bits per heavy atom. The van der Waals surface area contributed by atoms with Gasteiger partial charge in [-0.2, -0.15) is 0 Å². The number of nitrogens with one attached hydrogen (secondary N) is 2. The number of carbonyl (C=O) groups is 2. The lowest BCUT2D eigenvalue weighted by Crippen LogP contribution is -2.20. The van der Waals surface area contributed by atoms with Crippen molar-refractivity contribution in [1.29, 1.82) is 0 Å². The number of methoxy groups -OCH3 is 1. The Labute approximate surface area is 175 Å². The van der Waals surface area contributed by atoms with Crippen LogP contribution in [0, 0.1) is 0 Å². The number of thioether (sulfide) groups is 1. The first-order valence-corrected chi connectivity index (χ1v) is 10.3. The minimum Gasteiger partial charge on any atom is -0.497 e. The third-order valence-electron chi connectivity index (χ3n) is 3.47. The van der Waals surface area contributed by atoms with Crippen LogP contribution in [-0.2, 0) is 9.59 Å². The zero-order chi connectivity index (χ0) is 20.5. The van der Waals surface area contributed by atoms with E-state index >= 15 is 0 Å². The van der Waals surface area contributed by atoms with E-state index < -0.39 is 0 Å². The summed E-state index contributed by atoms with van der Waals surface area (Å²) in [7, 11) is 1.58. The molecule has 3 aromatic rings. The molecule has 0 saturated heterocycles. The Kier molecular flexibility index (Phi) is 7.42. The van der Waals surface area contributed by atoms with Crippen LogP contribution in [0.2, 0.25) is 0 Å². The molecule has 150 valence electrons. The number of nitrogens with zero attached hydrogens (tertiary/aromatic N) is 2. The van der Waals surface area contributed by atoms with Crippen molar-refractivity contribution in [3.63, 3.8) is 0 Å². The van der Waals surface area contributed by atoms with Crippen molar-refractivity contribution >= 4 is 45.7 Å². The largest absolute Gasteiger partial charge is 0.497 e. The molecule has 3 rings (SSSR count). The Morgan fingerprint density at radius 2 is 1.72 bits per heavy atom. The van der Waals surface area contributed by atoms with Crippen LogP contribution in [0.15, 0.2) is 58.9 Å². The van der Waals surface area contributed by atoms with Crippen LogP contribution >= 0.6 is 23.1 Å². The Balaban J connectivity index is 1.41. The van der Waals surface area contributed by atoms with Gasteiger partial charge in [0.25, 0.3) is 5.91 Å². The molecule has 0 fully saturated rings. The van der Waals surface area contributed by atoms with E-state index in [9.17, 15) is 9.59 Å². The molecule has 0 radical (unpaired) electrons. The van der Waals surface area contributed by atoms with Gasteiger partial charge in [-0.1, -0.05) is 41.3 Å². The van der Waals surface area contributed by atoms with Crippen molar-refractivity contribution in [1.82, 2.24) is 10.2 Å². The topological polar surface area (TPSA) is 102 Å². The second-order valence-corrected chi connectivity index (χ2v) is 7.79. The smallest absolute Gasteiger partial charge is 0.264 e. The highest BCUT2D eigenvalue weighted by Crippen LogP contribution is 2.25. The number of rotatable bonds is 9. The summed E-state index contributed by atoms with van der Waals surface area (Å²) in [6, 6.07) is 16.1. The maximum absolute atomic E-state index is 12.1. The molecule has 2 amide bonds. The van der Waals surface area contributed by atoms with Crippen LogP contribution in [0.1, 0.15) is 0 Å². The van der Waals surface area contributed by atoms with Crippen molar-refractivity contribution in [2.24, 2.45) is 0 Å². The highest BCUT2D eigenvalue weighted by Gasteiger charge is 2.11. The quantitative estimate of drug-likeness (QED) is 0.397. The Hall–Kier alpha value is -3.11. The van der Waals surface area contributed by atoms with E-state index in [2.05, 4.69) is 20.8 Å². The van der Waals surface area contributed by atoms with Gasteiger partial charge in [0.2, 0.25) is 11.0 Å². The molecule has 1 heterocycles. The van der Waals surface area contributed by atoms with E-state index in [-0.39, 0.29) is 24.2 Å². The molecule has 8 nitrogen and oxygen atoms in total. The van der Waals surface area contributed by atoms with Crippen molar-refractivity contribution in [3.05, 3.63) is 54.6 Å². The number of ether oxygens (including phenoxy) is 2.